The Kier molecular flexibility index (Phi) is 6.02. The Morgan fingerprint density at radius 2 is 1.83 bits per heavy atom. The maximum Gasteiger partial charge on any atom is 0.264 e. The Morgan fingerprint density at radius 1 is 1.07 bits per heavy atom. The molecule has 1 heterocycles. The van der Waals surface area contributed by atoms with Gasteiger partial charge in [0.2, 0.25) is 0 Å². The van der Waals surface area contributed by atoms with Gasteiger partial charge in [-0.2, -0.15) is 0 Å². The molecule has 4 rings (SSSR count). The number of anilines is 1. The fourth-order valence-electron chi connectivity index (χ4n) is 3.06. The van der Waals surface area contributed by atoms with E-state index in [9.17, 15) is 4.79 Å². The molecule has 7 heteroatoms. The van der Waals surface area contributed by atoms with Crippen molar-refractivity contribution in [1.29, 1.82) is 0 Å². The number of nitrogens with zero attached hydrogens (tertiary/aromatic N) is 1. The maximum absolute atomic E-state index is 12.1. The molecule has 1 amide bonds. The topological polar surface area (TPSA) is 63.2 Å². The summed E-state index contributed by atoms with van der Waals surface area (Å²) in [7, 11) is 0. The first-order valence-corrected chi connectivity index (χ1v) is 10.6. The van der Waals surface area contributed by atoms with Crippen molar-refractivity contribution in [2.75, 3.05) is 11.9 Å². The Balaban J connectivity index is 1.37. The number of para-hydroxylation sites is 1. The number of ether oxygens (including phenoxy) is 1. The minimum atomic E-state index is -0.332. The summed E-state index contributed by atoms with van der Waals surface area (Å²) in [4.78, 5) is 16.7. The van der Waals surface area contributed by atoms with Crippen LogP contribution in [0.2, 0.25) is 0 Å². The van der Waals surface area contributed by atoms with E-state index in [2.05, 4.69) is 33.8 Å². The number of hydrogen-bond donors (Lipinski definition) is 2. The van der Waals surface area contributed by atoms with Gasteiger partial charge in [0.05, 0.1) is 5.69 Å². The number of benzene rings is 3. The number of carbonyl (C=O) groups is 1. The molecule has 0 aliphatic carbocycles. The van der Waals surface area contributed by atoms with Crippen LogP contribution < -0.4 is 15.4 Å². The molecule has 0 unspecified atom stereocenters. The van der Waals surface area contributed by atoms with E-state index in [-0.39, 0.29) is 17.6 Å². The molecule has 0 radical (unpaired) electrons. The molecule has 4 aromatic rings. The van der Waals surface area contributed by atoms with Crippen molar-refractivity contribution in [2.45, 2.75) is 6.92 Å². The molecular formula is C23H19N3O2S2. The van der Waals surface area contributed by atoms with E-state index in [1.807, 2.05) is 60.8 Å². The van der Waals surface area contributed by atoms with Crippen LogP contribution in [-0.4, -0.2) is 22.6 Å². The van der Waals surface area contributed by atoms with Crippen LogP contribution in [0.5, 0.6) is 5.75 Å². The van der Waals surface area contributed by atoms with Gasteiger partial charge in [0.15, 0.2) is 16.9 Å². The lowest BCUT2D eigenvalue weighted by Crippen LogP contribution is -2.37. The smallest absolute Gasteiger partial charge is 0.264 e. The molecule has 0 atom stereocenters. The largest absolute Gasteiger partial charge is 0.483 e. The van der Waals surface area contributed by atoms with Crippen LogP contribution in [0.4, 0.5) is 5.13 Å². The zero-order chi connectivity index (χ0) is 20.9. The standard InChI is InChI=1S/C23H19N3O2S2/c1-15-7-2-5-12-20(15)28-13-21(27)25-22(29)26-23-24-19(14-30-23)18-11-6-9-16-8-3-4-10-17(16)18/h2-12,14H,13H2,1H3,(H2,24,25,26,27,29). The quantitative estimate of drug-likeness (QED) is 0.426. The number of thiazole rings is 1. The van der Waals surface area contributed by atoms with E-state index in [0.29, 0.717) is 10.9 Å². The van der Waals surface area contributed by atoms with Gasteiger partial charge in [0.1, 0.15) is 5.75 Å². The molecule has 1 aromatic heterocycles. The highest BCUT2D eigenvalue weighted by molar-refractivity contribution is 7.80. The van der Waals surface area contributed by atoms with Crippen LogP contribution in [0.15, 0.2) is 72.1 Å². The fraction of sp³-hybridized carbons (Fsp3) is 0.0870. The molecule has 0 spiro atoms. The Bertz CT molecular complexity index is 1210. The summed E-state index contributed by atoms with van der Waals surface area (Å²) < 4.78 is 5.54. The molecule has 0 saturated carbocycles. The highest BCUT2D eigenvalue weighted by atomic mass is 32.1. The highest BCUT2D eigenvalue weighted by Gasteiger charge is 2.11. The van der Waals surface area contributed by atoms with Crippen LogP contribution in [-0.2, 0) is 4.79 Å². The van der Waals surface area contributed by atoms with E-state index < -0.39 is 0 Å². The Morgan fingerprint density at radius 3 is 2.70 bits per heavy atom. The van der Waals surface area contributed by atoms with E-state index >= 15 is 0 Å². The number of hydrogen-bond acceptors (Lipinski definition) is 5. The van der Waals surface area contributed by atoms with E-state index in [1.54, 1.807) is 0 Å². The zero-order valence-electron chi connectivity index (χ0n) is 16.2. The van der Waals surface area contributed by atoms with Crippen molar-refractivity contribution in [1.82, 2.24) is 10.3 Å². The molecule has 150 valence electrons. The van der Waals surface area contributed by atoms with Crippen LogP contribution in [0.25, 0.3) is 22.0 Å². The Hall–Kier alpha value is -3.29. The molecule has 30 heavy (non-hydrogen) atoms. The van der Waals surface area contributed by atoms with Crippen molar-refractivity contribution < 1.29 is 9.53 Å². The van der Waals surface area contributed by atoms with Gasteiger partial charge in [-0.15, -0.1) is 11.3 Å². The number of aromatic nitrogens is 1. The van der Waals surface area contributed by atoms with Crippen molar-refractivity contribution >= 4 is 50.5 Å². The number of aryl methyl sites for hydroxylation is 1. The van der Waals surface area contributed by atoms with Crippen LogP contribution >= 0.6 is 23.6 Å². The number of rotatable bonds is 5. The molecule has 3 aromatic carbocycles. The highest BCUT2D eigenvalue weighted by Crippen LogP contribution is 2.30. The second-order valence-electron chi connectivity index (χ2n) is 6.62. The fourth-order valence-corrected chi connectivity index (χ4v) is 4.05. The van der Waals surface area contributed by atoms with Gasteiger partial charge < -0.3 is 10.1 Å². The number of carbonyl (C=O) groups excluding carboxylic acids is 1. The second kappa shape index (κ2) is 9.02. The maximum atomic E-state index is 12.1. The summed E-state index contributed by atoms with van der Waals surface area (Å²) in [6, 6.07) is 21.9. The average Bonchev–Trinajstić information content (AvgIpc) is 3.20. The summed E-state index contributed by atoms with van der Waals surface area (Å²) in [6.07, 6.45) is 0. The third-order valence-corrected chi connectivity index (χ3v) is 5.46. The van der Waals surface area contributed by atoms with Crippen molar-refractivity contribution in [3.05, 3.63) is 77.7 Å². The first kappa shape index (κ1) is 20.0. The van der Waals surface area contributed by atoms with E-state index in [1.165, 1.54) is 11.3 Å². The summed E-state index contributed by atoms with van der Waals surface area (Å²) in [5.74, 6) is 0.341. The van der Waals surface area contributed by atoms with Gasteiger partial charge in [-0.05, 0) is 41.5 Å². The Labute approximate surface area is 183 Å². The molecule has 0 saturated heterocycles. The van der Waals surface area contributed by atoms with E-state index in [0.717, 1.165) is 27.6 Å². The van der Waals surface area contributed by atoms with Crippen LogP contribution in [0.1, 0.15) is 5.56 Å². The van der Waals surface area contributed by atoms with Gasteiger partial charge in [-0.25, -0.2) is 4.98 Å². The number of fused-ring (bicyclic) bond motifs is 1. The first-order valence-electron chi connectivity index (χ1n) is 9.33. The van der Waals surface area contributed by atoms with Gasteiger partial charge in [-0.3, -0.25) is 10.1 Å². The van der Waals surface area contributed by atoms with Crippen molar-refractivity contribution in [3.8, 4) is 17.0 Å². The monoisotopic (exact) mass is 433 g/mol. The van der Waals surface area contributed by atoms with Gasteiger partial charge in [0, 0.05) is 10.9 Å². The number of thiocarbonyl (C=S) groups is 1. The predicted molar refractivity (Wildman–Crippen MR) is 126 cm³/mol. The third kappa shape index (κ3) is 4.64. The van der Waals surface area contributed by atoms with E-state index in [4.69, 9.17) is 17.0 Å². The van der Waals surface area contributed by atoms with Gasteiger partial charge in [-0.1, -0.05) is 60.7 Å². The van der Waals surface area contributed by atoms with Gasteiger partial charge in [0.25, 0.3) is 5.91 Å². The van der Waals surface area contributed by atoms with Crippen LogP contribution in [0.3, 0.4) is 0 Å². The molecule has 2 N–H and O–H groups in total. The lowest BCUT2D eigenvalue weighted by atomic mass is 10.0. The SMILES string of the molecule is Cc1ccccc1OCC(=O)NC(=S)Nc1nc(-c2cccc3ccccc23)cs1. The predicted octanol–water partition coefficient (Wildman–Crippen LogP) is 5.16. The lowest BCUT2D eigenvalue weighted by molar-refractivity contribution is -0.121. The summed E-state index contributed by atoms with van der Waals surface area (Å²) >= 11 is 6.67. The zero-order valence-corrected chi connectivity index (χ0v) is 17.8. The number of nitrogens with one attached hydrogen (secondary N) is 2. The summed E-state index contributed by atoms with van der Waals surface area (Å²) in [5, 5.41) is 10.7. The normalized spacial score (nSPS) is 10.6. The molecule has 0 bridgehead atoms. The number of amides is 1. The van der Waals surface area contributed by atoms with Crippen LogP contribution in [0, 0.1) is 6.92 Å². The van der Waals surface area contributed by atoms with Crippen molar-refractivity contribution in [3.63, 3.8) is 0 Å². The molecule has 0 aliphatic rings. The van der Waals surface area contributed by atoms with Gasteiger partial charge >= 0.3 is 0 Å². The average molecular weight is 434 g/mol. The lowest BCUT2D eigenvalue weighted by Gasteiger charge is -2.10. The molecular weight excluding hydrogens is 414 g/mol. The minimum absolute atomic E-state index is 0.119. The first-order chi connectivity index (χ1) is 14.6. The third-order valence-electron chi connectivity index (χ3n) is 4.50. The molecule has 0 fully saturated rings. The molecule has 0 aliphatic heterocycles. The molecule has 5 nitrogen and oxygen atoms in total. The minimum Gasteiger partial charge on any atom is -0.483 e. The van der Waals surface area contributed by atoms with Crippen molar-refractivity contribution in [2.24, 2.45) is 0 Å². The second-order valence-corrected chi connectivity index (χ2v) is 7.89. The summed E-state index contributed by atoms with van der Waals surface area (Å²) in [5.41, 5.74) is 2.88. The summed E-state index contributed by atoms with van der Waals surface area (Å²) in [6.45, 7) is 1.81.